The second-order valence-corrected chi connectivity index (χ2v) is 11.0. The minimum absolute atomic E-state index is 0.214. The molecule has 0 unspecified atom stereocenters. The predicted octanol–water partition coefficient (Wildman–Crippen LogP) is 3.73. The van der Waals surface area contributed by atoms with Crippen LogP contribution in [0.15, 0.2) is 11.6 Å². The van der Waals surface area contributed by atoms with Crippen LogP contribution in [-0.2, 0) is 4.43 Å². The summed E-state index contributed by atoms with van der Waals surface area (Å²) in [4.78, 5) is 0. The second-order valence-electron chi connectivity index (χ2n) is 6.19. The van der Waals surface area contributed by atoms with E-state index in [2.05, 4.69) is 45.7 Å². The normalized spacial score (nSPS) is 13.2. The van der Waals surface area contributed by atoms with Gasteiger partial charge in [0.1, 0.15) is 0 Å². The Morgan fingerprint density at radius 2 is 1.94 bits per heavy atom. The van der Waals surface area contributed by atoms with Crippen LogP contribution in [-0.4, -0.2) is 26.6 Å². The van der Waals surface area contributed by atoms with Crippen LogP contribution in [0.5, 0.6) is 0 Å². The average molecular weight is 268 g/mol. The van der Waals surface area contributed by atoms with Gasteiger partial charge < -0.3 is 9.53 Å². The molecule has 0 spiro atoms. The van der Waals surface area contributed by atoms with Gasteiger partial charge >= 0.3 is 0 Å². The molecular formula is C15H28O2Si. The van der Waals surface area contributed by atoms with Gasteiger partial charge in [0.05, 0.1) is 6.61 Å². The van der Waals surface area contributed by atoms with Gasteiger partial charge in [0.2, 0.25) is 0 Å². The van der Waals surface area contributed by atoms with Crippen LogP contribution < -0.4 is 0 Å². The quantitative estimate of drug-likeness (QED) is 0.468. The van der Waals surface area contributed by atoms with Gasteiger partial charge in [0, 0.05) is 13.0 Å². The summed E-state index contributed by atoms with van der Waals surface area (Å²) >= 11 is 0. The van der Waals surface area contributed by atoms with Crippen molar-refractivity contribution >= 4 is 8.32 Å². The largest absolute Gasteiger partial charge is 0.413 e. The molecule has 3 heteroatoms. The average Bonchev–Trinajstić information content (AvgIpc) is 2.24. The maximum atomic E-state index is 8.63. The van der Waals surface area contributed by atoms with Gasteiger partial charge in [-0.25, -0.2) is 0 Å². The molecule has 0 aliphatic heterocycles. The number of rotatable bonds is 5. The third-order valence-corrected chi connectivity index (χ3v) is 7.83. The van der Waals surface area contributed by atoms with Gasteiger partial charge in [-0.15, -0.1) is 0 Å². The molecule has 0 aromatic carbocycles. The van der Waals surface area contributed by atoms with E-state index < -0.39 is 8.32 Å². The minimum Gasteiger partial charge on any atom is -0.413 e. The zero-order valence-corrected chi connectivity index (χ0v) is 13.8. The van der Waals surface area contributed by atoms with E-state index in [0.29, 0.717) is 6.61 Å². The van der Waals surface area contributed by atoms with Crippen LogP contribution in [0.1, 0.15) is 40.5 Å². The molecule has 2 nitrogen and oxygen atoms in total. The van der Waals surface area contributed by atoms with Crippen molar-refractivity contribution in [2.75, 3.05) is 13.2 Å². The maximum absolute atomic E-state index is 8.63. The summed E-state index contributed by atoms with van der Waals surface area (Å²) in [6, 6.07) is 0. The highest BCUT2D eigenvalue weighted by Gasteiger charge is 2.36. The van der Waals surface area contributed by atoms with Gasteiger partial charge in [-0.3, -0.25) is 0 Å². The lowest BCUT2D eigenvalue weighted by atomic mass is 10.2. The van der Waals surface area contributed by atoms with Crippen molar-refractivity contribution in [3.8, 4) is 11.8 Å². The van der Waals surface area contributed by atoms with Gasteiger partial charge in [-0.1, -0.05) is 32.6 Å². The highest BCUT2D eigenvalue weighted by Crippen LogP contribution is 2.36. The molecule has 0 heterocycles. The van der Waals surface area contributed by atoms with E-state index in [0.717, 1.165) is 18.4 Å². The first-order valence-electron chi connectivity index (χ1n) is 6.59. The molecule has 0 rings (SSSR count). The summed E-state index contributed by atoms with van der Waals surface area (Å²) in [5.41, 5.74) is 1.16. The van der Waals surface area contributed by atoms with E-state index in [4.69, 9.17) is 9.53 Å². The lowest BCUT2D eigenvalue weighted by Crippen LogP contribution is -2.41. The third kappa shape index (κ3) is 7.00. The van der Waals surface area contributed by atoms with E-state index in [1.54, 1.807) is 0 Å². The van der Waals surface area contributed by atoms with Gasteiger partial charge in [0.15, 0.2) is 8.32 Å². The van der Waals surface area contributed by atoms with Gasteiger partial charge in [-0.2, -0.15) is 0 Å². The Kier molecular flexibility index (Phi) is 7.54. The SMILES string of the molecule is C/C(=C/C#CCCCO)CO[Si](C)(C)C(C)(C)C. The molecule has 0 atom stereocenters. The number of hydrogen-bond acceptors (Lipinski definition) is 2. The third-order valence-electron chi connectivity index (χ3n) is 3.35. The zero-order valence-electron chi connectivity index (χ0n) is 12.8. The Labute approximate surface area is 114 Å². The molecule has 0 aromatic heterocycles. The molecule has 0 radical (unpaired) electrons. The van der Waals surface area contributed by atoms with Crippen LogP contribution in [0.2, 0.25) is 18.1 Å². The van der Waals surface area contributed by atoms with Crippen LogP contribution in [0.25, 0.3) is 0 Å². The fourth-order valence-electron chi connectivity index (χ4n) is 0.966. The van der Waals surface area contributed by atoms with Crippen LogP contribution in [0.3, 0.4) is 0 Å². The standard InChI is InChI=1S/C15H28O2Si/c1-14(11-9-7-8-10-12-16)13-17-18(5,6)15(2,3)4/h11,16H,8,10,12-13H2,1-6H3/b14-11-. The summed E-state index contributed by atoms with van der Waals surface area (Å²) in [7, 11) is -1.65. The Morgan fingerprint density at radius 3 is 2.44 bits per heavy atom. The number of aliphatic hydroxyl groups is 1. The van der Waals surface area contributed by atoms with Crippen LogP contribution in [0.4, 0.5) is 0 Å². The Balaban J connectivity index is 4.20. The maximum Gasteiger partial charge on any atom is 0.192 e. The van der Waals surface area contributed by atoms with E-state index in [-0.39, 0.29) is 11.6 Å². The van der Waals surface area contributed by atoms with Crippen molar-refractivity contribution in [1.82, 2.24) is 0 Å². The molecule has 0 aromatic rings. The predicted molar refractivity (Wildman–Crippen MR) is 81.0 cm³/mol. The van der Waals surface area contributed by atoms with Gasteiger partial charge in [-0.05, 0) is 43.1 Å². The number of allylic oxidation sites excluding steroid dienone is 1. The van der Waals surface area contributed by atoms with Crippen molar-refractivity contribution in [2.45, 2.75) is 58.7 Å². The molecule has 1 N–H and O–H groups in total. The molecule has 0 aliphatic rings. The number of unbranched alkanes of at least 4 members (excludes halogenated alkanes) is 1. The van der Waals surface area contributed by atoms with Gasteiger partial charge in [0.25, 0.3) is 0 Å². The van der Waals surface area contributed by atoms with Crippen molar-refractivity contribution in [3.05, 3.63) is 11.6 Å². The highest BCUT2D eigenvalue weighted by atomic mass is 28.4. The summed E-state index contributed by atoms with van der Waals surface area (Å²) in [6.07, 6.45) is 3.42. The Morgan fingerprint density at radius 1 is 1.33 bits per heavy atom. The van der Waals surface area contributed by atoms with Crippen molar-refractivity contribution in [1.29, 1.82) is 0 Å². The van der Waals surface area contributed by atoms with Crippen LogP contribution >= 0.6 is 0 Å². The van der Waals surface area contributed by atoms with Crippen LogP contribution in [0, 0.1) is 11.8 Å². The van der Waals surface area contributed by atoms with Crippen molar-refractivity contribution < 1.29 is 9.53 Å². The smallest absolute Gasteiger partial charge is 0.192 e. The van der Waals surface area contributed by atoms with E-state index in [1.165, 1.54) is 0 Å². The molecule has 0 aliphatic carbocycles. The summed E-state index contributed by atoms with van der Waals surface area (Å²) in [5.74, 6) is 6.02. The summed E-state index contributed by atoms with van der Waals surface area (Å²) in [6.45, 7) is 14.2. The van der Waals surface area contributed by atoms with Crippen molar-refractivity contribution in [2.24, 2.45) is 0 Å². The molecular weight excluding hydrogens is 240 g/mol. The second kappa shape index (κ2) is 7.78. The number of hydrogen-bond donors (Lipinski definition) is 1. The number of aliphatic hydroxyl groups excluding tert-OH is 1. The van der Waals surface area contributed by atoms with E-state index in [9.17, 15) is 0 Å². The fraction of sp³-hybridized carbons (Fsp3) is 0.733. The molecule has 104 valence electrons. The fourth-order valence-corrected chi connectivity index (χ4v) is 1.99. The highest BCUT2D eigenvalue weighted by molar-refractivity contribution is 6.74. The van der Waals surface area contributed by atoms with E-state index >= 15 is 0 Å². The van der Waals surface area contributed by atoms with Crippen molar-refractivity contribution in [3.63, 3.8) is 0 Å². The molecule has 0 saturated carbocycles. The molecule has 0 saturated heterocycles. The molecule has 0 amide bonds. The molecule has 18 heavy (non-hydrogen) atoms. The monoisotopic (exact) mass is 268 g/mol. The van der Waals surface area contributed by atoms with E-state index in [1.807, 2.05) is 13.0 Å². The molecule has 0 fully saturated rings. The molecule has 0 bridgehead atoms. The lowest BCUT2D eigenvalue weighted by molar-refractivity contribution is 0.290. The first-order valence-corrected chi connectivity index (χ1v) is 9.50. The Bertz CT molecular complexity index is 327. The lowest BCUT2D eigenvalue weighted by Gasteiger charge is -2.36. The minimum atomic E-state index is -1.65. The first kappa shape index (κ1) is 17.4. The summed E-state index contributed by atoms with van der Waals surface area (Å²) in [5, 5.41) is 8.88. The Hall–Kier alpha value is -0.563. The zero-order chi connectivity index (χ0) is 14.2. The first-order chi connectivity index (χ1) is 8.20. The topological polar surface area (TPSA) is 29.5 Å². The summed E-state index contributed by atoms with van der Waals surface area (Å²) < 4.78 is 6.10.